The summed E-state index contributed by atoms with van der Waals surface area (Å²) in [6.45, 7) is 0.0899. The van der Waals surface area contributed by atoms with Crippen LogP contribution in [-0.2, 0) is 9.59 Å². The number of pyridine rings is 1. The topological polar surface area (TPSA) is 123 Å². The highest BCUT2D eigenvalue weighted by molar-refractivity contribution is 6.03. The number of carbonyl (C=O) groups excluding carboxylic acids is 1. The van der Waals surface area contributed by atoms with Gasteiger partial charge >= 0.3 is 5.97 Å². The molecule has 1 saturated heterocycles. The van der Waals surface area contributed by atoms with Crippen LogP contribution in [0.15, 0.2) is 12.4 Å². The summed E-state index contributed by atoms with van der Waals surface area (Å²) in [6, 6.07) is 0. The first-order valence-corrected chi connectivity index (χ1v) is 5.03. The Bertz CT molecular complexity index is 468. The minimum absolute atomic E-state index is 0.0312. The van der Waals surface area contributed by atoms with Gasteiger partial charge in [-0.3, -0.25) is 14.6 Å². The van der Waals surface area contributed by atoms with E-state index in [1.807, 2.05) is 0 Å². The van der Waals surface area contributed by atoms with Crippen LogP contribution in [0, 0.1) is 5.92 Å². The van der Waals surface area contributed by atoms with E-state index in [1.54, 1.807) is 0 Å². The molecule has 1 fully saturated rings. The van der Waals surface area contributed by atoms with Crippen molar-refractivity contribution in [2.45, 2.75) is 6.42 Å². The fourth-order valence-corrected chi connectivity index (χ4v) is 1.89. The third-order valence-electron chi connectivity index (χ3n) is 2.72. The Morgan fingerprint density at radius 1 is 1.41 bits per heavy atom. The lowest BCUT2D eigenvalue weighted by molar-refractivity contribution is -0.141. The molecule has 0 aliphatic carbocycles. The summed E-state index contributed by atoms with van der Waals surface area (Å²) < 4.78 is 0. The molecule has 0 bridgehead atoms. The van der Waals surface area contributed by atoms with Crippen molar-refractivity contribution in [3.8, 4) is 0 Å². The molecule has 0 radical (unpaired) electrons. The van der Waals surface area contributed by atoms with E-state index in [2.05, 4.69) is 4.98 Å². The first-order chi connectivity index (χ1) is 8.00. The lowest BCUT2D eigenvalue weighted by atomic mass is 10.1. The van der Waals surface area contributed by atoms with Gasteiger partial charge in [0.25, 0.3) is 0 Å². The van der Waals surface area contributed by atoms with E-state index in [0.29, 0.717) is 5.69 Å². The number of carbonyl (C=O) groups is 2. The van der Waals surface area contributed by atoms with Gasteiger partial charge in [0.15, 0.2) is 0 Å². The molecule has 1 aliphatic rings. The molecule has 1 aliphatic heterocycles. The number of aliphatic carboxylic acids is 1. The van der Waals surface area contributed by atoms with Gasteiger partial charge in [0.05, 0.1) is 35.4 Å². The minimum Gasteiger partial charge on any atom is -0.481 e. The highest BCUT2D eigenvalue weighted by atomic mass is 16.4. The maximum absolute atomic E-state index is 11.7. The number of nitrogens with two attached hydrogens (primary N) is 2. The summed E-state index contributed by atoms with van der Waals surface area (Å²) >= 11 is 0. The van der Waals surface area contributed by atoms with Crippen molar-refractivity contribution >= 4 is 28.9 Å². The fraction of sp³-hybridized carbons (Fsp3) is 0.300. The van der Waals surface area contributed by atoms with E-state index in [4.69, 9.17) is 16.6 Å². The summed E-state index contributed by atoms with van der Waals surface area (Å²) in [7, 11) is 0. The summed E-state index contributed by atoms with van der Waals surface area (Å²) in [5.74, 6) is -2.00. The minimum atomic E-state index is -0.993. The van der Waals surface area contributed by atoms with E-state index in [-0.39, 0.29) is 30.2 Å². The van der Waals surface area contributed by atoms with Crippen molar-refractivity contribution in [3.63, 3.8) is 0 Å². The van der Waals surface area contributed by atoms with Gasteiger partial charge < -0.3 is 21.5 Å². The second-order valence-electron chi connectivity index (χ2n) is 3.91. The molecule has 2 heterocycles. The summed E-state index contributed by atoms with van der Waals surface area (Å²) in [5, 5.41) is 8.88. The van der Waals surface area contributed by atoms with Gasteiger partial charge in [0.2, 0.25) is 5.91 Å². The average Bonchev–Trinajstić information content (AvgIpc) is 2.61. The third-order valence-corrected chi connectivity index (χ3v) is 2.72. The monoisotopic (exact) mass is 236 g/mol. The summed E-state index contributed by atoms with van der Waals surface area (Å²) in [4.78, 5) is 27.7. The largest absolute Gasteiger partial charge is 0.481 e. The van der Waals surface area contributed by atoms with Gasteiger partial charge in [-0.2, -0.15) is 0 Å². The lowest BCUT2D eigenvalue weighted by Crippen LogP contribution is -2.27. The van der Waals surface area contributed by atoms with Gasteiger partial charge in [0, 0.05) is 13.0 Å². The zero-order chi connectivity index (χ0) is 12.6. The first-order valence-electron chi connectivity index (χ1n) is 5.03. The molecule has 7 heteroatoms. The Balaban J connectivity index is 2.35. The van der Waals surface area contributed by atoms with Gasteiger partial charge in [-0.25, -0.2) is 0 Å². The number of carboxylic acid groups (broad SMARTS) is 1. The van der Waals surface area contributed by atoms with Crippen LogP contribution < -0.4 is 16.4 Å². The Labute approximate surface area is 97.0 Å². The van der Waals surface area contributed by atoms with E-state index in [0.717, 1.165) is 0 Å². The molecule has 90 valence electrons. The fourth-order valence-electron chi connectivity index (χ4n) is 1.89. The van der Waals surface area contributed by atoms with Gasteiger partial charge in [-0.15, -0.1) is 0 Å². The Hall–Kier alpha value is -2.31. The molecule has 7 nitrogen and oxygen atoms in total. The standard InChI is InChI=1S/C10H12N4O3/c11-6-2-13-3-7(12)9(6)14-4-5(10(16)17)1-8(14)15/h2-3,5H,1,4,11-12H2,(H,16,17). The van der Waals surface area contributed by atoms with Crippen molar-refractivity contribution < 1.29 is 14.7 Å². The van der Waals surface area contributed by atoms with Gasteiger partial charge in [-0.05, 0) is 0 Å². The van der Waals surface area contributed by atoms with Crippen molar-refractivity contribution in [1.82, 2.24) is 4.98 Å². The van der Waals surface area contributed by atoms with Crippen LogP contribution in [0.25, 0.3) is 0 Å². The summed E-state index contributed by atoms with van der Waals surface area (Å²) in [6.07, 6.45) is 2.73. The first kappa shape index (κ1) is 11.2. The van der Waals surface area contributed by atoms with E-state index >= 15 is 0 Å². The number of nitrogen functional groups attached to an aromatic ring is 2. The predicted octanol–water partition coefficient (Wildman–Crippen LogP) is -0.316. The Kier molecular flexibility index (Phi) is 2.58. The molecule has 5 N–H and O–H groups in total. The number of amides is 1. The maximum atomic E-state index is 11.7. The number of anilines is 3. The second kappa shape index (κ2) is 3.93. The number of carboxylic acids is 1. The molecule has 1 atom stereocenters. The number of hydrogen-bond acceptors (Lipinski definition) is 5. The molecule has 1 aromatic rings. The number of aromatic nitrogens is 1. The second-order valence-corrected chi connectivity index (χ2v) is 3.91. The quantitative estimate of drug-likeness (QED) is 0.647. The predicted molar refractivity (Wildman–Crippen MR) is 61.2 cm³/mol. The van der Waals surface area contributed by atoms with Crippen LogP contribution in [0.2, 0.25) is 0 Å². The van der Waals surface area contributed by atoms with E-state index in [1.165, 1.54) is 17.3 Å². The van der Waals surface area contributed by atoms with E-state index in [9.17, 15) is 9.59 Å². The number of rotatable bonds is 2. The van der Waals surface area contributed by atoms with Crippen LogP contribution in [-0.4, -0.2) is 28.5 Å². The normalized spacial score (nSPS) is 19.6. The van der Waals surface area contributed by atoms with Crippen LogP contribution in [0.1, 0.15) is 6.42 Å². The maximum Gasteiger partial charge on any atom is 0.308 e. The van der Waals surface area contributed by atoms with Crippen molar-refractivity contribution in [2.24, 2.45) is 5.92 Å². The average molecular weight is 236 g/mol. The molecule has 1 aromatic heterocycles. The zero-order valence-electron chi connectivity index (χ0n) is 8.96. The SMILES string of the molecule is Nc1cncc(N)c1N1CC(C(=O)O)CC1=O. The smallest absolute Gasteiger partial charge is 0.308 e. The van der Waals surface area contributed by atoms with Gasteiger partial charge in [0.1, 0.15) is 0 Å². The van der Waals surface area contributed by atoms with Crippen molar-refractivity contribution in [1.29, 1.82) is 0 Å². The molecule has 2 rings (SSSR count). The van der Waals surface area contributed by atoms with Crippen molar-refractivity contribution in [3.05, 3.63) is 12.4 Å². The zero-order valence-corrected chi connectivity index (χ0v) is 8.96. The van der Waals surface area contributed by atoms with E-state index < -0.39 is 11.9 Å². The molecule has 17 heavy (non-hydrogen) atoms. The lowest BCUT2D eigenvalue weighted by Gasteiger charge is -2.19. The Morgan fingerprint density at radius 3 is 2.47 bits per heavy atom. The summed E-state index contributed by atoms with van der Waals surface area (Å²) in [5.41, 5.74) is 12.3. The highest BCUT2D eigenvalue weighted by Crippen LogP contribution is 2.33. The third kappa shape index (κ3) is 1.86. The van der Waals surface area contributed by atoms with Crippen molar-refractivity contribution in [2.75, 3.05) is 22.9 Å². The molecule has 1 unspecified atom stereocenters. The molecular weight excluding hydrogens is 224 g/mol. The molecule has 0 spiro atoms. The highest BCUT2D eigenvalue weighted by Gasteiger charge is 2.36. The molecule has 0 saturated carbocycles. The molecule has 0 aromatic carbocycles. The van der Waals surface area contributed by atoms with Crippen LogP contribution in [0.4, 0.5) is 17.1 Å². The van der Waals surface area contributed by atoms with Crippen LogP contribution in [0.3, 0.4) is 0 Å². The van der Waals surface area contributed by atoms with Crippen LogP contribution in [0.5, 0.6) is 0 Å². The number of nitrogens with zero attached hydrogens (tertiary/aromatic N) is 2. The molecule has 1 amide bonds. The number of hydrogen-bond donors (Lipinski definition) is 3. The van der Waals surface area contributed by atoms with Crippen LogP contribution >= 0.6 is 0 Å². The molecular formula is C10H12N4O3. The van der Waals surface area contributed by atoms with Gasteiger partial charge in [-0.1, -0.05) is 0 Å². The Morgan fingerprint density at radius 2 is 2.00 bits per heavy atom.